The summed E-state index contributed by atoms with van der Waals surface area (Å²) in [6, 6.07) is 8.76. The maximum atomic E-state index is 14.2. The average Bonchev–Trinajstić information content (AvgIpc) is 3.06. The molecule has 0 atom stereocenters. The smallest absolute Gasteiger partial charge is 0.253 e. The van der Waals surface area contributed by atoms with Gasteiger partial charge in [-0.25, -0.2) is 13.8 Å². The molecular formula is C24H22F2N6O. The number of rotatable bonds is 5. The van der Waals surface area contributed by atoms with Crippen molar-refractivity contribution in [2.45, 2.75) is 38.6 Å². The number of nitrogens with one attached hydrogen (secondary N) is 1. The molecule has 1 aliphatic rings. The van der Waals surface area contributed by atoms with E-state index in [0.29, 0.717) is 23.3 Å². The van der Waals surface area contributed by atoms with Crippen molar-refractivity contribution in [3.8, 4) is 5.95 Å². The third kappa shape index (κ3) is 4.13. The number of aryl methyl sites for hydroxylation is 1. The topological polar surface area (TPSA) is 98.7 Å². The van der Waals surface area contributed by atoms with Gasteiger partial charge in [0.05, 0.1) is 23.0 Å². The number of carbonyl (C=O) groups is 1. The van der Waals surface area contributed by atoms with Gasteiger partial charge in [-0.15, -0.1) is 0 Å². The van der Waals surface area contributed by atoms with E-state index < -0.39 is 11.7 Å². The largest absolute Gasteiger partial charge is 0.366 e. The Kier molecular flexibility index (Phi) is 5.45. The van der Waals surface area contributed by atoms with Gasteiger partial charge in [0.1, 0.15) is 17.5 Å². The Morgan fingerprint density at radius 3 is 2.73 bits per heavy atom. The molecule has 168 valence electrons. The van der Waals surface area contributed by atoms with Gasteiger partial charge in [-0.2, -0.15) is 14.8 Å². The van der Waals surface area contributed by atoms with Crippen molar-refractivity contribution >= 4 is 22.6 Å². The van der Waals surface area contributed by atoms with Crippen LogP contribution < -0.4 is 11.1 Å². The number of hydrogen-bond donors (Lipinski definition) is 2. The van der Waals surface area contributed by atoms with Crippen LogP contribution in [0.5, 0.6) is 0 Å². The van der Waals surface area contributed by atoms with Crippen molar-refractivity contribution in [3.63, 3.8) is 0 Å². The number of anilines is 1. The van der Waals surface area contributed by atoms with E-state index in [2.05, 4.69) is 10.4 Å². The summed E-state index contributed by atoms with van der Waals surface area (Å²) in [5.41, 5.74) is 8.56. The van der Waals surface area contributed by atoms with Crippen LogP contribution in [0.3, 0.4) is 0 Å². The predicted octanol–water partition coefficient (Wildman–Crippen LogP) is 4.07. The van der Waals surface area contributed by atoms with Gasteiger partial charge in [0, 0.05) is 23.6 Å². The third-order valence-corrected chi connectivity index (χ3v) is 5.88. The molecule has 7 nitrogen and oxygen atoms in total. The maximum Gasteiger partial charge on any atom is 0.253 e. The monoisotopic (exact) mass is 448 g/mol. The fourth-order valence-electron chi connectivity index (χ4n) is 4.29. The number of fused-ring (bicyclic) bond motifs is 2. The fraction of sp³-hybridized carbons (Fsp3) is 0.250. The lowest BCUT2D eigenvalue weighted by Gasteiger charge is -2.15. The Morgan fingerprint density at radius 1 is 1.06 bits per heavy atom. The molecule has 0 spiro atoms. The quantitative estimate of drug-likeness (QED) is 0.449. The summed E-state index contributed by atoms with van der Waals surface area (Å²) in [5, 5.41) is 8.09. The van der Waals surface area contributed by atoms with Crippen molar-refractivity contribution in [1.29, 1.82) is 0 Å². The van der Waals surface area contributed by atoms with Crippen LogP contribution in [-0.4, -0.2) is 25.7 Å². The molecule has 1 amide bonds. The van der Waals surface area contributed by atoms with Gasteiger partial charge in [-0.3, -0.25) is 4.79 Å². The predicted molar refractivity (Wildman–Crippen MR) is 120 cm³/mol. The fourth-order valence-corrected chi connectivity index (χ4v) is 4.29. The highest BCUT2D eigenvalue weighted by Gasteiger charge is 2.20. The van der Waals surface area contributed by atoms with E-state index in [4.69, 9.17) is 15.7 Å². The Morgan fingerprint density at radius 2 is 1.91 bits per heavy atom. The summed E-state index contributed by atoms with van der Waals surface area (Å²) < 4.78 is 29.3. The highest BCUT2D eigenvalue weighted by atomic mass is 19.1. The molecule has 0 saturated carbocycles. The summed E-state index contributed by atoms with van der Waals surface area (Å²) >= 11 is 0. The molecule has 1 aliphatic carbocycles. The summed E-state index contributed by atoms with van der Waals surface area (Å²) in [6.07, 6.45) is 6.22. The van der Waals surface area contributed by atoms with Gasteiger partial charge in [0.25, 0.3) is 5.95 Å². The second kappa shape index (κ2) is 8.57. The molecule has 2 heterocycles. The Hall–Kier alpha value is -3.88. The number of carbonyl (C=O) groups excluding carboxylic acids is 1. The molecule has 0 unspecified atom stereocenters. The van der Waals surface area contributed by atoms with Crippen LogP contribution in [0.2, 0.25) is 0 Å². The number of primary amides is 1. The zero-order valence-electron chi connectivity index (χ0n) is 17.8. The van der Waals surface area contributed by atoms with E-state index in [9.17, 15) is 13.6 Å². The first-order valence-corrected chi connectivity index (χ1v) is 10.8. The normalized spacial score (nSPS) is 13.5. The molecule has 5 rings (SSSR count). The zero-order valence-corrected chi connectivity index (χ0v) is 17.8. The number of aromatic nitrogens is 4. The van der Waals surface area contributed by atoms with E-state index in [1.54, 1.807) is 6.07 Å². The van der Waals surface area contributed by atoms with E-state index >= 15 is 0 Å². The van der Waals surface area contributed by atoms with Crippen LogP contribution in [0.1, 0.15) is 46.4 Å². The molecular weight excluding hydrogens is 426 g/mol. The number of nitrogens with two attached hydrogens (primary N) is 1. The molecule has 2 aromatic heterocycles. The van der Waals surface area contributed by atoms with Crippen LogP contribution in [0.15, 0.2) is 42.6 Å². The number of benzene rings is 2. The molecule has 0 saturated heterocycles. The minimum atomic E-state index is -0.737. The molecule has 0 bridgehead atoms. The lowest BCUT2D eigenvalue weighted by atomic mass is 10.1. The van der Waals surface area contributed by atoms with Gasteiger partial charge in [-0.1, -0.05) is 18.6 Å². The number of amides is 1. The standard InChI is InChI=1S/C24H22F2N6O/c25-15-6-4-5-14(9-15)12-28-23-17-7-2-1-3-8-20(17)30-24(31-23)32-21-11-16(26)10-18(22(27)33)19(21)13-29-32/h4-6,9-11,13H,1-3,7-8,12H2,(H2,27,33)(H,28,30,31). The second-order valence-corrected chi connectivity index (χ2v) is 8.15. The maximum absolute atomic E-state index is 14.2. The van der Waals surface area contributed by atoms with Crippen LogP contribution in [-0.2, 0) is 19.4 Å². The Balaban J connectivity index is 1.60. The lowest BCUT2D eigenvalue weighted by Crippen LogP contribution is -2.14. The van der Waals surface area contributed by atoms with E-state index in [-0.39, 0.29) is 17.3 Å². The molecule has 0 aliphatic heterocycles. The molecule has 9 heteroatoms. The van der Waals surface area contributed by atoms with Gasteiger partial charge in [0.2, 0.25) is 5.91 Å². The summed E-state index contributed by atoms with van der Waals surface area (Å²) in [6.45, 7) is 0.390. The van der Waals surface area contributed by atoms with Gasteiger partial charge in [0.15, 0.2) is 0 Å². The van der Waals surface area contributed by atoms with E-state index in [1.807, 2.05) is 6.07 Å². The Bertz CT molecular complexity index is 1370. The summed E-state index contributed by atoms with van der Waals surface area (Å²) in [4.78, 5) is 21.2. The number of nitrogens with zero attached hydrogens (tertiary/aromatic N) is 4. The minimum absolute atomic E-state index is 0.0514. The first-order chi connectivity index (χ1) is 16.0. The van der Waals surface area contributed by atoms with Gasteiger partial charge >= 0.3 is 0 Å². The average molecular weight is 448 g/mol. The minimum Gasteiger partial charge on any atom is -0.366 e. The van der Waals surface area contributed by atoms with Crippen molar-refractivity contribution in [2.75, 3.05) is 5.32 Å². The molecule has 3 N–H and O–H groups in total. The molecule has 0 fully saturated rings. The first-order valence-electron chi connectivity index (χ1n) is 10.8. The van der Waals surface area contributed by atoms with Crippen LogP contribution in [0.25, 0.3) is 16.9 Å². The molecule has 2 aromatic carbocycles. The van der Waals surface area contributed by atoms with Crippen LogP contribution in [0.4, 0.5) is 14.6 Å². The van der Waals surface area contributed by atoms with Gasteiger partial charge in [-0.05, 0) is 49.4 Å². The van der Waals surface area contributed by atoms with Gasteiger partial charge < -0.3 is 11.1 Å². The molecule has 0 radical (unpaired) electrons. The van der Waals surface area contributed by atoms with E-state index in [1.165, 1.54) is 29.1 Å². The van der Waals surface area contributed by atoms with Crippen LogP contribution >= 0.6 is 0 Å². The third-order valence-electron chi connectivity index (χ3n) is 5.88. The second-order valence-electron chi connectivity index (χ2n) is 8.15. The van der Waals surface area contributed by atoms with Crippen molar-refractivity contribution < 1.29 is 13.6 Å². The van der Waals surface area contributed by atoms with Crippen molar-refractivity contribution in [3.05, 3.63) is 76.6 Å². The Labute approximate surface area is 188 Å². The summed E-state index contributed by atoms with van der Waals surface area (Å²) in [5.74, 6) is -0.715. The zero-order chi connectivity index (χ0) is 22.9. The number of hydrogen-bond acceptors (Lipinski definition) is 5. The molecule has 33 heavy (non-hydrogen) atoms. The highest BCUT2D eigenvalue weighted by molar-refractivity contribution is 6.05. The van der Waals surface area contributed by atoms with Crippen LogP contribution in [0, 0.1) is 11.6 Å². The van der Waals surface area contributed by atoms with E-state index in [0.717, 1.165) is 55.0 Å². The molecule has 4 aromatic rings. The first kappa shape index (κ1) is 21.0. The lowest BCUT2D eigenvalue weighted by molar-refractivity contribution is 0.100. The highest BCUT2D eigenvalue weighted by Crippen LogP contribution is 2.28. The van der Waals surface area contributed by atoms with Crippen molar-refractivity contribution in [1.82, 2.24) is 19.7 Å². The number of halogens is 2. The summed E-state index contributed by atoms with van der Waals surface area (Å²) in [7, 11) is 0. The SMILES string of the molecule is NC(=O)c1cc(F)cc2c1cnn2-c1nc2c(c(NCc3cccc(F)c3)n1)CCCCC2. The van der Waals surface area contributed by atoms with Crippen molar-refractivity contribution in [2.24, 2.45) is 5.73 Å².